The summed E-state index contributed by atoms with van der Waals surface area (Å²) in [6.07, 6.45) is -12.0. The third-order valence-corrected chi connectivity index (χ3v) is 3.86. The van der Waals surface area contributed by atoms with E-state index in [1.165, 1.54) is 0 Å². The number of rotatable bonds is 4. The predicted molar refractivity (Wildman–Crippen MR) is 67.2 cm³/mol. The summed E-state index contributed by atoms with van der Waals surface area (Å²) in [6.45, 7) is -1.14. The first-order chi connectivity index (χ1) is 10.4. The first kappa shape index (κ1) is 17.9. The Hall–Kier alpha value is -0.400. The fourth-order valence-corrected chi connectivity index (χ4v) is 2.56. The monoisotopic (exact) mass is 326 g/mol. The van der Waals surface area contributed by atoms with Crippen LogP contribution in [0.4, 0.5) is 0 Å². The molecule has 0 radical (unpaired) electrons. The van der Waals surface area contributed by atoms with Crippen LogP contribution in [-0.4, -0.2) is 104 Å². The predicted octanol–water partition coefficient (Wildman–Crippen LogP) is -4.37. The molecule has 0 bridgehead atoms. The van der Waals surface area contributed by atoms with E-state index in [1.54, 1.807) is 0 Å². The van der Waals surface area contributed by atoms with Crippen LogP contribution in [0.1, 0.15) is 6.42 Å². The molecule has 0 amide bonds. The van der Waals surface area contributed by atoms with E-state index >= 15 is 0 Å². The van der Waals surface area contributed by atoms with E-state index in [1.807, 2.05) is 0 Å². The molecule has 0 spiro atoms. The van der Waals surface area contributed by atoms with Gasteiger partial charge in [-0.05, 0) is 0 Å². The lowest BCUT2D eigenvalue weighted by Crippen LogP contribution is -2.61. The maximum atomic E-state index is 9.94. The standard InChI is InChI=1S/C12H22O10/c13-2-5-8(16)4(15)1-7(20-5)22-11-6(3-14)21-12(19)10(18)9(11)17/h4-19H,1-3H2/t4-,5-,6-,7+,8-,9-,10-,11-,12?/m1/s1. The Balaban J connectivity index is 2.04. The summed E-state index contributed by atoms with van der Waals surface area (Å²) >= 11 is 0. The van der Waals surface area contributed by atoms with Crippen LogP contribution >= 0.6 is 0 Å². The van der Waals surface area contributed by atoms with Crippen molar-refractivity contribution in [2.24, 2.45) is 0 Å². The van der Waals surface area contributed by atoms with Crippen molar-refractivity contribution in [1.82, 2.24) is 0 Å². The summed E-state index contributed by atoms with van der Waals surface area (Å²) in [7, 11) is 0. The summed E-state index contributed by atoms with van der Waals surface area (Å²) in [5.74, 6) is 0. The second kappa shape index (κ2) is 7.45. The molecule has 2 saturated heterocycles. The van der Waals surface area contributed by atoms with Gasteiger partial charge in [-0.1, -0.05) is 0 Å². The average Bonchev–Trinajstić information content (AvgIpc) is 2.50. The topological polar surface area (TPSA) is 169 Å². The minimum atomic E-state index is -1.67. The first-order valence-electron chi connectivity index (χ1n) is 6.97. The zero-order chi connectivity index (χ0) is 16.4. The Kier molecular flexibility index (Phi) is 6.07. The van der Waals surface area contributed by atoms with Crippen molar-refractivity contribution in [3.8, 4) is 0 Å². The van der Waals surface area contributed by atoms with Crippen LogP contribution in [0.15, 0.2) is 0 Å². The highest BCUT2D eigenvalue weighted by atomic mass is 16.7. The highest BCUT2D eigenvalue weighted by molar-refractivity contribution is 4.91. The van der Waals surface area contributed by atoms with E-state index in [-0.39, 0.29) is 6.42 Å². The van der Waals surface area contributed by atoms with Gasteiger partial charge in [0.15, 0.2) is 12.6 Å². The lowest BCUT2D eigenvalue weighted by atomic mass is 9.98. The molecule has 0 aromatic rings. The molecule has 7 N–H and O–H groups in total. The van der Waals surface area contributed by atoms with Crippen molar-refractivity contribution in [3.05, 3.63) is 0 Å². The molecule has 9 atom stereocenters. The van der Waals surface area contributed by atoms with Crippen LogP contribution in [0.3, 0.4) is 0 Å². The number of hydrogen-bond donors (Lipinski definition) is 7. The van der Waals surface area contributed by atoms with Crippen LogP contribution < -0.4 is 0 Å². The molecule has 2 rings (SSSR count). The second-order valence-electron chi connectivity index (χ2n) is 5.41. The molecule has 0 aromatic carbocycles. The third-order valence-electron chi connectivity index (χ3n) is 3.86. The highest BCUT2D eigenvalue weighted by Crippen LogP contribution is 2.28. The Morgan fingerprint density at radius 3 is 2.05 bits per heavy atom. The highest BCUT2D eigenvalue weighted by Gasteiger charge is 2.47. The van der Waals surface area contributed by atoms with Gasteiger partial charge in [0.2, 0.25) is 0 Å². The minimum absolute atomic E-state index is 0.141. The molecule has 0 aromatic heterocycles. The summed E-state index contributed by atoms with van der Waals surface area (Å²) in [5, 5.41) is 66.6. The maximum Gasteiger partial charge on any atom is 0.184 e. The maximum absolute atomic E-state index is 9.94. The molecule has 2 heterocycles. The third kappa shape index (κ3) is 3.57. The van der Waals surface area contributed by atoms with E-state index in [0.717, 1.165) is 0 Å². The Bertz CT molecular complexity index is 353. The van der Waals surface area contributed by atoms with Crippen LogP contribution in [0.2, 0.25) is 0 Å². The minimum Gasteiger partial charge on any atom is -0.394 e. The van der Waals surface area contributed by atoms with Crippen LogP contribution in [0.5, 0.6) is 0 Å². The van der Waals surface area contributed by atoms with Gasteiger partial charge in [-0.3, -0.25) is 0 Å². The number of ether oxygens (including phenoxy) is 3. The van der Waals surface area contributed by atoms with E-state index < -0.39 is 68.5 Å². The van der Waals surface area contributed by atoms with Gasteiger partial charge in [0.05, 0.1) is 19.3 Å². The van der Waals surface area contributed by atoms with Gasteiger partial charge in [0.1, 0.15) is 36.6 Å². The van der Waals surface area contributed by atoms with E-state index in [9.17, 15) is 30.6 Å². The number of aliphatic hydroxyl groups is 7. The molecular weight excluding hydrogens is 304 g/mol. The van der Waals surface area contributed by atoms with Crippen molar-refractivity contribution in [1.29, 1.82) is 0 Å². The molecule has 2 fully saturated rings. The lowest BCUT2D eigenvalue weighted by molar-refractivity contribution is -0.336. The van der Waals surface area contributed by atoms with Crippen LogP contribution in [-0.2, 0) is 14.2 Å². The summed E-state index contributed by atoms with van der Waals surface area (Å²) in [5.41, 5.74) is 0. The Morgan fingerprint density at radius 1 is 0.818 bits per heavy atom. The number of aliphatic hydroxyl groups excluding tert-OH is 7. The molecule has 22 heavy (non-hydrogen) atoms. The lowest BCUT2D eigenvalue weighted by Gasteiger charge is -2.43. The largest absolute Gasteiger partial charge is 0.394 e. The fourth-order valence-electron chi connectivity index (χ4n) is 2.56. The van der Waals surface area contributed by atoms with Gasteiger partial charge in [-0.25, -0.2) is 0 Å². The first-order valence-corrected chi connectivity index (χ1v) is 6.97. The molecule has 2 aliphatic rings. The van der Waals surface area contributed by atoms with Gasteiger partial charge in [-0.15, -0.1) is 0 Å². The molecule has 1 unspecified atom stereocenters. The van der Waals surface area contributed by atoms with E-state index in [0.29, 0.717) is 0 Å². The van der Waals surface area contributed by atoms with Gasteiger partial charge in [0, 0.05) is 6.42 Å². The summed E-state index contributed by atoms with van der Waals surface area (Å²) in [4.78, 5) is 0. The molecule has 0 aliphatic carbocycles. The Labute approximate surface area is 126 Å². The zero-order valence-corrected chi connectivity index (χ0v) is 11.7. The molecule has 10 nitrogen and oxygen atoms in total. The average molecular weight is 326 g/mol. The molecular formula is C12H22O10. The SMILES string of the molecule is OC[C@H]1O[C@@H](O[C@H]2[C@H](O)[C@@H](O)C(O)O[C@@H]2CO)C[C@@H](O)[C@H]1O. The zero-order valence-electron chi connectivity index (χ0n) is 11.7. The molecule has 0 saturated carbocycles. The molecule has 10 heteroatoms. The van der Waals surface area contributed by atoms with Gasteiger partial charge < -0.3 is 50.0 Å². The van der Waals surface area contributed by atoms with Crippen molar-refractivity contribution in [3.63, 3.8) is 0 Å². The van der Waals surface area contributed by atoms with E-state index in [2.05, 4.69) is 0 Å². The molecule has 2 aliphatic heterocycles. The molecule has 130 valence electrons. The van der Waals surface area contributed by atoms with Crippen molar-refractivity contribution in [2.75, 3.05) is 13.2 Å². The Morgan fingerprint density at radius 2 is 1.45 bits per heavy atom. The van der Waals surface area contributed by atoms with Gasteiger partial charge in [-0.2, -0.15) is 0 Å². The van der Waals surface area contributed by atoms with Gasteiger partial charge in [0.25, 0.3) is 0 Å². The van der Waals surface area contributed by atoms with Gasteiger partial charge >= 0.3 is 0 Å². The number of hydrogen-bond acceptors (Lipinski definition) is 10. The van der Waals surface area contributed by atoms with E-state index in [4.69, 9.17) is 19.3 Å². The smallest absolute Gasteiger partial charge is 0.184 e. The quantitative estimate of drug-likeness (QED) is 0.268. The van der Waals surface area contributed by atoms with Crippen molar-refractivity contribution >= 4 is 0 Å². The summed E-state index contributed by atoms with van der Waals surface area (Å²) < 4.78 is 15.6. The second-order valence-corrected chi connectivity index (χ2v) is 5.41. The van der Waals surface area contributed by atoms with Crippen molar-refractivity contribution < 1.29 is 50.0 Å². The summed E-state index contributed by atoms with van der Waals surface area (Å²) in [6, 6.07) is 0. The van der Waals surface area contributed by atoms with Crippen LogP contribution in [0.25, 0.3) is 0 Å². The van der Waals surface area contributed by atoms with Crippen LogP contribution in [0, 0.1) is 0 Å². The van der Waals surface area contributed by atoms with Crippen molar-refractivity contribution in [2.45, 2.75) is 61.7 Å². The fraction of sp³-hybridized carbons (Fsp3) is 1.00. The normalized spacial score (nSPS) is 50.0.